The summed E-state index contributed by atoms with van der Waals surface area (Å²) in [5.74, 6) is 0. The van der Waals surface area contributed by atoms with Crippen molar-refractivity contribution in [2.24, 2.45) is 0 Å². The minimum Gasteiger partial charge on any atom is 1.00 e. The van der Waals surface area contributed by atoms with E-state index in [1.807, 2.05) is 0 Å². The Labute approximate surface area is 125 Å². The molecule has 0 nitrogen and oxygen atoms in total. The predicted octanol–water partition coefficient (Wildman–Crippen LogP) is -12.0. The smallest absolute Gasteiger partial charge is 1.00 e. The van der Waals surface area contributed by atoms with Gasteiger partial charge in [0.05, 0.1) is 0 Å². The maximum atomic E-state index is 0. The van der Waals surface area contributed by atoms with Crippen LogP contribution >= 0.6 is 0 Å². The maximum absolute atomic E-state index is 0. The van der Waals surface area contributed by atoms with Crippen molar-refractivity contribution in [1.29, 1.82) is 0 Å². The monoisotopic (exact) mass is 92.0 g/mol. The molecule has 0 aromatic heterocycles. The van der Waals surface area contributed by atoms with Gasteiger partial charge in [0.2, 0.25) is 0 Å². The first kappa shape index (κ1) is 24.0. The fraction of sp³-hybridized carbons (Fsp3) is 0. The molecule has 0 atom stereocenters. The first-order valence-corrected chi connectivity index (χ1v) is 0. The van der Waals surface area contributed by atoms with Gasteiger partial charge in [0.15, 0.2) is 0 Å². The molecule has 4 heteroatoms. The van der Waals surface area contributed by atoms with E-state index in [9.17, 15) is 0 Å². The Morgan fingerprint density at radius 2 is 0.750 bits per heavy atom. The molecule has 0 aromatic rings. The van der Waals surface area contributed by atoms with Gasteiger partial charge in [0.1, 0.15) is 0 Å². The Kier molecular flexibility index (Phi) is 94.2. The van der Waals surface area contributed by atoms with Crippen molar-refractivity contribution in [2.75, 3.05) is 0 Å². The van der Waals surface area contributed by atoms with E-state index < -0.39 is 0 Å². The Morgan fingerprint density at radius 3 is 0.750 bits per heavy atom. The van der Waals surface area contributed by atoms with Gasteiger partial charge in [-0.2, -0.15) is 0 Å². The predicted molar refractivity (Wildman–Crippen MR) is 0 cm³/mol. The molecular formula is KLiNa2+4. The molecule has 0 valence electrons. The van der Waals surface area contributed by atoms with Crippen LogP contribution < -0.4 is 129 Å². The van der Waals surface area contributed by atoms with Crippen LogP contribution in [0.25, 0.3) is 0 Å². The van der Waals surface area contributed by atoms with Gasteiger partial charge in [-0.15, -0.1) is 0 Å². The average molecular weight is 92.0 g/mol. The van der Waals surface area contributed by atoms with Crippen molar-refractivity contribution in [3.63, 3.8) is 0 Å². The third-order valence-corrected chi connectivity index (χ3v) is 0. The molecule has 0 N–H and O–H groups in total. The molecule has 4 heavy (non-hydrogen) atoms. The normalized spacial score (nSPS) is 0. The molecule has 0 radical (unpaired) electrons. The summed E-state index contributed by atoms with van der Waals surface area (Å²) < 4.78 is 0. The quantitative estimate of drug-likeness (QED) is 0.260. The number of hydrogen-bond acceptors (Lipinski definition) is 0. The molecule has 0 aliphatic heterocycles. The van der Waals surface area contributed by atoms with E-state index in [0.29, 0.717) is 0 Å². The first-order valence-electron chi connectivity index (χ1n) is 0. The summed E-state index contributed by atoms with van der Waals surface area (Å²) in [4.78, 5) is 0. The van der Waals surface area contributed by atoms with Crippen LogP contribution in [0.15, 0.2) is 0 Å². The molecule has 0 saturated heterocycles. The van der Waals surface area contributed by atoms with Crippen LogP contribution in [0.1, 0.15) is 0 Å². The van der Waals surface area contributed by atoms with Crippen LogP contribution in [-0.4, -0.2) is 0 Å². The van der Waals surface area contributed by atoms with Crippen molar-refractivity contribution in [3.05, 3.63) is 0 Å². The molecule has 0 amide bonds. The van der Waals surface area contributed by atoms with Gasteiger partial charge in [-0.3, -0.25) is 0 Å². The van der Waals surface area contributed by atoms with E-state index in [4.69, 9.17) is 0 Å². The fourth-order valence-electron chi connectivity index (χ4n) is 0. The van der Waals surface area contributed by atoms with Gasteiger partial charge in [0.25, 0.3) is 0 Å². The molecule has 0 bridgehead atoms. The Morgan fingerprint density at radius 1 is 0.750 bits per heavy atom. The third-order valence-electron chi connectivity index (χ3n) is 0. The van der Waals surface area contributed by atoms with Crippen molar-refractivity contribution < 1.29 is 129 Å². The van der Waals surface area contributed by atoms with Crippen molar-refractivity contribution in [2.45, 2.75) is 0 Å². The van der Waals surface area contributed by atoms with Gasteiger partial charge in [-0.05, 0) is 0 Å². The van der Waals surface area contributed by atoms with E-state index >= 15 is 0 Å². The first-order chi connectivity index (χ1) is 0. The molecule has 0 fully saturated rings. The van der Waals surface area contributed by atoms with E-state index in [2.05, 4.69) is 0 Å². The Bertz CT molecular complexity index is 6.00. The molecule has 0 spiro atoms. The molecule has 0 aliphatic rings. The molecular weight excluding hydrogens is 92.0 g/mol. The van der Waals surface area contributed by atoms with Crippen LogP contribution in [0.4, 0.5) is 0 Å². The summed E-state index contributed by atoms with van der Waals surface area (Å²) >= 11 is 0. The van der Waals surface area contributed by atoms with Crippen LogP contribution in [0.3, 0.4) is 0 Å². The van der Waals surface area contributed by atoms with Crippen LogP contribution in [-0.2, 0) is 0 Å². The Hall–Kier alpha value is 4.23. The summed E-state index contributed by atoms with van der Waals surface area (Å²) in [6.07, 6.45) is 0. The zero-order chi connectivity index (χ0) is 0. The van der Waals surface area contributed by atoms with Gasteiger partial charge >= 0.3 is 129 Å². The largest absolute Gasteiger partial charge is 1.00 e. The summed E-state index contributed by atoms with van der Waals surface area (Å²) in [6, 6.07) is 0. The third kappa shape index (κ3) is 9.53. The minimum atomic E-state index is 0. The molecule has 0 aliphatic carbocycles. The summed E-state index contributed by atoms with van der Waals surface area (Å²) in [7, 11) is 0. The fourth-order valence-corrected chi connectivity index (χ4v) is 0. The van der Waals surface area contributed by atoms with Gasteiger partial charge < -0.3 is 0 Å². The molecule has 0 saturated carbocycles. The number of hydrogen-bond donors (Lipinski definition) is 0. The number of rotatable bonds is 0. The van der Waals surface area contributed by atoms with Crippen LogP contribution in [0, 0.1) is 0 Å². The summed E-state index contributed by atoms with van der Waals surface area (Å²) in [5, 5.41) is 0. The van der Waals surface area contributed by atoms with Gasteiger partial charge in [0, 0.05) is 0 Å². The van der Waals surface area contributed by atoms with Gasteiger partial charge in [-0.25, -0.2) is 0 Å². The summed E-state index contributed by atoms with van der Waals surface area (Å²) in [5.41, 5.74) is 0. The molecule has 0 aromatic carbocycles. The van der Waals surface area contributed by atoms with Crippen molar-refractivity contribution in [3.8, 4) is 0 Å². The second-order valence-electron chi connectivity index (χ2n) is 0. The zero-order valence-corrected chi connectivity index (χ0v) is 11.1. The molecule has 0 unspecified atom stereocenters. The maximum Gasteiger partial charge on any atom is 1.00 e. The zero-order valence-electron chi connectivity index (χ0n) is 4.00. The Balaban J connectivity index is 0. The van der Waals surface area contributed by atoms with E-state index in [0.717, 1.165) is 0 Å². The van der Waals surface area contributed by atoms with E-state index in [-0.39, 0.29) is 129 Å². The second-order valence-corrected chi connectivity index (χ2v) is 0. The minimum absolute atomic E-state index is 0. The SMILES string of the molecule is [K+].[Li+].[Na+].[Na+]. The standard InChI is InChI=1S/K.Li.2Na/q4*+1. The van der Waals surface area contributed by atoms with E-state index in [1.54, 1.807) is 0 Å². The molecule has 0 heterocycles. The van der Waals surface area contributed by atoms with Gasteiger partial charge in [-0.1, -0.05) is 0 Å². The van der Waals surface area contributed by atoms with Crippen molar-refractivity contribution >= 4 is 0 Å². The van der Waals surface area contributed by atoms with Crippen LogP contribution in [0.2, 0.25) is 0 Å². The van der Waals surface area contributed by atoms with Crippen LogP contribution in [0.5, 0.6) is 0 Å². The average Bonchev–Trinajstić information content (AvgIpc) is 0. The molecule has 0 rings (SSSR count). The topological polar surface area (TPSA) is 0 Å². The van der Waals surface area contributed by atoms with Crippen molar-refractivity contribution in [1.82, 2.24) is 0 Å². The summed E-state index contributed by atoms with van der Waals surface area (Å²) in [6.45, 7) is 0. The second kappa shape index (κ2) is 15.7. The van der Waals surface area contributed by atoms with E-state index in [1.165, 1.54) is 0 Å².